The molecule has 0 aromatic heterocycles. The molecule has 6 heteroatoms. The Kier molecular flexibility index (Phi) is 5.55. The van der Waals surface area contributed by atoms with Crippen molar-refractivity contribution in [3.63, 3.8) is 0 Å². The zero-order chi connectivity index (χ0) is 17.1. The molecule has 0 aliphatic heterocycles. The highest BCUT2D eigenvalue weighted by Crippen LogP contribution is 2.31. The number of hydrogen-bond donors (Lipinski definition) is 2. The number of phenolic OH excluding ortho intramolecular Hbond substituents is 1. The fraction of sp³-hybridized carbons (Fsp3) is 0.235. The van der Waals surface area contributed by atoms with Crippen molar-refractivity contribution in [2.24, 2.45) is 0 Å². The lowest BCUT2D eigenvalue weighted by Gasteiger charge is -2.11. The molecule has 0 atom stereocenters. The van der Waals surface area contributed by atoms with Crippen LogP contribution >= 0.6 is 27.5 Å². The predicted molar refractivity (Wildman–Crippen MR) is 95.6 cm³/mol. The lowest BCUT2D eigenvalue weighted by molar-refractivity contribution is -0.118. The van der Waals surface area contributed by atoms with Gasteiger partial charge in [0.05, 0.1) is 4.47 Å². The van der Waals surface area contributed by atoms with Crippen LogP contribution in [-0.4, -0.2) is 17.6 Å². The minimum Gasteiger partial charge on any atom is -0.506 e. The number of rotatable bonds is 4. The molecule has 0 saturated heterocycles. The molecular weight excluding hydrogens is 382 g/mol. The van der Waals surface area contributed by atoms with Gasteiger partial charge in [0.25, 0.3) is 5.91 Å². The summed E-state index contributed by atoms with van der Waals surface area (Å²) < 4.78 is 6.03. The Morgan fingerprint density at radius 3 is 2.35 bits per heavy atom. The lowest BCUT2D eigenvalue weighted by Crippen LogP contribution is -2.20. The Bertz CT molecular complexity index is 715. The van der Waals surface area contributed by atoms with Gasteiger partial charge >= 0.3 is 0 Å². The third-order valence-electron chi connectivity index (χ3n) is 3.32. The minimum absolute atomic E-state index is 0.113. The standard InChI is InChI=1S/C17H17BrClNO3/c1-9-5-13(6-10(2)16(9)19)23-8-15(21)20-12-4-11(3)17(22)14(18)7-12/h4-7,22H,8H2,1-3H3,(H,20,21). The maximum atomic E-state index is 12.0. The Hall–Kier alpha value is -1.72. The molecule has 4 nitrogen and oxygen atoms in total. The van der Waals surface area contributed by atoms with Crippen LogP contribution in [0.3, 0.4) is 0 Å². The quantitative estimate of drug-likeness (QED) is 0.731. The van der Waals surface area contributed by atoms with Crippen LogP contribution in [-0.2, 0) is 4.79 Å². The largest absolute Gasteiger partial charge is 0.506 e. The highest BCUT2D eigenvalue weighted by Gasteiger charge is 2.09. The highest BCUT2D eigenvalue weighted by molar-refractivity contribution is 9.10. The molecule has 0 unspecified atom stereocenters. The van der Waals surface area contributed by atoms with Crippen LogP contribution < -0.4 is 10.1 Å². The van der Waals surface area contributed by atoms with Crippen molar-refractivity contribution in [1.29, 1.82) is 0 Å². The molecule has 23 heavy (non-hydrogen) atoms. The van der Waals surface area contributed by atoms with E-state index in [4.69, 9.17) is 16.3 Å². The molecule has 2 rings (SSSR count). The van der Waals surface area contributed by atoms with E-state index in [1.165, 1.54) is 0 Å². The first-order valence-corrected chi connectivity index (χ1v) is 8.13. The van der Waals surface area contributed by atoms with Gasteiger partial charge in [-0.2, -0.15) is 0 Å². The van der Waals surface area contributed by atoms with E-state index in [1.54, 1.807) is 31.2 Å². The van der Waals surface area contributed by atoms with Crippen LogP contribution in [0.5, 0.6) is 11.5 Å². The van der Waals surface area contributed by atoms with Crippen molar-refractivity contribution >= 4 is 39.1 Å². The number of phenols is 1. The first kappa shape index (κ1) is 17.6. The molecule has 1 amide bonds. The van der Waals surface area contributed by atoms with Crippen LogP contribution in [0, 0.1) is 20.8 Å². The number of carbonyl (C=O) groups excluding carboxylic acids is 1. The second-order valence-corrected chi connectivity index (χ2v) is 6.56. The fourth-order valence-electron chi connectivity index (χ4n) is 2.14. The summed E-state index contributed by atoms with van der Waals surface area (Å²) in [6.07, 6.45) is 0. The van der Waals surface area contributed by atoms with Crippen LogP contribution in [0.1, 0.15) is 16.7 Å². The molecule has 0 saturated carbocycles. The third kappa shape index (κ3) is 4.39. The normalized spacial score (nSPS) is 10.5. The van der Waals surface area contributed by atoms with Gasteiger partial charge in [-0.05, 0) is 77.7 Å². The van der Waals surface area contributed by atoms with E-state index < -0.39 is 0 Å². The van der Waals surface area contributed by atoms with Crippen molar-refractivity contribution in [1.82, 2.24) is 0 Å². The van der Waals surface area contributed by atoms with Gasteiger partial charge in [-0.25, -0.2) is 0 Å². The molecular formula is C17H17BrClNO3. The summed E-state index contributed by atoms with van der Waals surface area (Å²) in [7, 11) is 0. The van der Waals surface area contributed by atoms with E-state index in [0.29, 0.717) is 26.5 Å². The summed E-state index contributed by atoms with van der Waals surface area (Å²) >= 11 is 9.34. The topological polar surface area (TPSA) is 58.6 Å². The van der Waals surface area contributed by atoms with Gasteiger partial charge in [0.15, 0.2) is 6.61 Å². The molecule has 122 valence electrons. The monoisotopic (exact) mass is 397 g/mol. The number of amides is 1. The molecule has 0 spiro atoms. The van der Waals surface area contributed by atoms with Gasteiger partial charge in [0, 0.05) is 10.7 Å². The molecule has 0 aliphatic carbocycles. The summed E-state index contributed by atoms with van der Waals surface area (Å²) in [6.45, 7) is 5.42. The number of ether oxygens (including phenoxy) is 1. The molecule has 2 aromatic carbocycles. The second kappa shape index (κ2) is 7.23. The zero-order valence-corrected chi connectivity index (χ0v) is 15.4. The summed E-state index contributed by atoms with van der Waals surface area (Å²) in [6, 6.07) is 6.92. The summed E-state index contributed by atoms with van der Waals surface area (Å²) in [5.74, 6) is 0.473. The van der Waals surface area contributed by atoms with E-state index in [0.717, 1.165) is 11.1 Å². The number of carbonyl (C=O) groups is 1. The molecule has 0 radical (unpaired) electrons. The highest BCUT2D eigenvalue weighted by atomic mass is 79.9. The average molecular weight is 399 g/mol. The van der Waals surface area contributed by atoms with Gasteiger partial charge < -0.3 is 15.2 Å². The van der Waals surface area contributed by atoms with Crippen LogP contribution in [0.4, 0.5) is 5.69 Å². The summed E-state index contributed by atoms with van der Waals surface area (Å²) in [5, 5.41) is 13.1. The maximum Gasteiger partial charge on any atom is 0.262 e. The van der Waals surface area contributed by atoms with Gasteiger partial charge in [-0.15, -0.1) is 0 Å². The SMILES string of the molecule is Cc1cc(NC(=O)COc2cc(C)c(Cl)c(C)c2)cc(Br)c1O. The second-order valence-electron chi connectivity index (χ2n) is 5.33. The van der Waals surface area contributed by atoms with Crippen LogP contribution in [0.25, 0.3) is 0 Å². The number of halogens is 2. The number of nitrogens with one attached hydrogen (secondary N) is 1. The van der Waals surface area contributed by atoms with Crippen molar-refractivity contribution in [2.75, 3.05) is 11.9 Å². The first-order chi connectivity index (χ1) is 10.8. The number of benzene rings is 2. The smallest absolute Gasteiger partial charge is 0.262 e. The van der Waals surface area contributed by atoms with Crippen LogP contribution in [0.15, 0.2) is 28.7 Å². The fourth-order valence-corrected chi connectivity index (χ4v) is 2.81. The number of aryl methyl sites for hydroxylation is 3. The third-order valence-corrected chi connectivity index (χ3v) is 4.52. The van der Waals surface area contributed by atoms with E-state index in [9.17, 15) is 9.90 Å². The first-order valence-electron chi connectivity index (χ1n) is 6.96. The van der Waals surface area contributed by atoms with Gasteiger partial charge in [-0.3, -0.25) is 4.79 Å². The Labute approximate surface area is 148 Å². The molecule has 0 heterocycles. The molecule has 0 fully saturated rings. The average Bonchev–Trinajstić information content (AvgIpc) is 2.48. The predicted octanol–water partition coefficient (Wildman–Crippen LogP) is 4.75. The van der Waals surface area contributed by atoms with Crippen LogP contribution in [0.2, 0.25) is 5.02 Å². The van der Waals surface area contributed by atoms with E-state index in [2.05, 4.69) is 21.2 Å². The van der Waals surface area contributed by atoms with E-state index in [1.807, 2.05) is 13.8 Å². The van der Waals surface area contributed by atoms with Crippen molar-refractivity contribution < 1.29 is 14.6 Å². The van der Waals surface area contributed by atoms with Crippen molar-refractivity contribution in [3.05, 3.63) is 50.5 Å². The Morgan fingerprint density at radius 1 is 1.17 bits per heavy atom. The maximum absolute atomic E-state index is 12.0. The summed E-state index contributed by atoms with van der Waals surface area (Å²) in [4.78, 5) is 12.0. The van der Waals surface area contributed by atoms with Crippen molar-refractivity contribution in [3.8, 4) is 11.5 Å². The molecule has 2 N–H and O–H groups in total. The molecule has 0 bridgehead atoms. The zero-order valence-electron chi connectivity index (χ0n) is 13.0. The van der Waals surface area contributed by atoms with Gasteiger partial charge in [0.1, 0.15) is 11.5 Å². The lowest BCUT2D eigenvalue weighted by atomic mass is 10.1. The van der Waals surface area contributed by atoms with E-state index >= 15 is 0 Å². The summed E-state index contributed by atoms with van der Waals surface area (Å²) in [5.41, 5.74) is 3.06. The molecule has 0 aliphatic rings. The Morgan fingerprint density at radius 2 is 1.78 bits per heavy atom. The van der Waals surface area contributed by atoms with Gasteiger partial charge in [-0.1, -0.05) is 11.6 Å². The minimum atomic E-state index is -0.285. The number of hydrogen-bond acceptors (Lipinski definition) is 3. The van der Waals surface area contributed by atoms with Gasteiger partial charge in [0.2, 0.25) is 0 Å². The number of aromatic hydroxyl groups is 1. The van der Waals surface area contributed by atoms with Crippen molar-refractivity contribution in [2.45, 2.75) is 20.8 Å². The number of anilines is 1. The Balaban J connectivity index is 2.01. The van der Waals surface area contributed by atoms with E-state index in [-0.39, 0.29) is 18.3 Å². The molecule has 2 aromatic rings.